The van der Waals surface area contributed by atoms with Crippen molar-refractivity contribution in [3.8, 4) is 5.75 Å². The second-order valence-electron chi connectivity index (χ2n) is 3.40. The Labute approximate surface area is 95.5 Å². The first-order valence-electron chi connectivity index (χ1n) is 4.82. The first-order valence-corrected chi connectivity index (χ1v) is 4.82. The normalized spacial score (nSPS) is 10.2. The van der Waals surface area contributed by atoms with Gasteiger partial charge < -0.3 is 10.2 Å². The smallest absolute Gasteiger partial charge is 0.345 e. The number of phenolic OH excluding ortho intramolecular Hbond substituents is 1. The molecule has 0 aliphatic rings. The molecule has 0 aliphatic carbocycles. The monoisotopic (exact) mass is 243 g/mol. The van der Waals surface area contributed by atoms with Crippen molar-refractivity contribution < 1.29 is 24.3 Å². The Bertz CT molecular complexity index is 486. The molecule has 0 radical (unpaired) electrons. The molecule has 0 fully saturated rings. The maximum absolute atomic E-state index is 13.4. The third-order valence-corrected chi connectivity index (χ3v) is 2.22. The van der Waals surface area contributed by atoms with E-state index >= 15 is 0 Å². The van der Waals surface area contributed by atoms with E-state index in [2.05, 4.69) is 0 Å². The van der Waals surface area contributed by atoms with Crippen molar-refractivity contribution in [2.75, 3.05) is 0 Å². The Morgan fingerprint density at radius 2 is 2.18 bits per heavy atom. The number of carbonyl (C=O) groups is 1. The number of nitro benzene ring substituents is 1. The van der Waals surface area contributed by atoms with Crippen molar-refractivity contribution in [2.45, 2.75) is 19.8 Å². The minimum atomic E-state index is -1.78. The molecular formula is C10H10FNO5. The Balaban J connectivity index is 3.59. The average molecular weight is 243 g/mol. The van der Waals surface area contributed by atoms with E-state index in [0.29, 0.717) is 6.42 Å². The third-order valence-electron chi connectivity index (χ3n) is 2.22. The van der Waals surface area contributed by atoms with Crippen molar-refractivity contribution in [3.05, 3.63) is 33.1 Å². The van der Waals surface area contributed by atoms with E-state index < -0.39 is 33.7 Å². The number of aryl methyl sites for hydroxylation is 1. The van der Waals surface area contributed by atoms with Gasteiger partial charge in [0.25, 0.3) is 0 Å². The van der Waals surface area contributed by atoms with Gasteiger partial charge in [0.15, 0.2) is 11.3 Å². The van der Waals surface area contributed by atoms with E-state index in [0.717, 1.165) is 6.07 Å². The average Bonchev–Trinajstić information content (AvgIpc) is 2.21. The van der Waals surface area contributed by atoms with Crippen LogP contribution in [0.1, 0.15) is 29.3 Å². The van der Waals surface area contributed by atoms with E-state index in [1.54, 1.807) is 6.92 Å². The summed E-state index contributed by atoms with van der Waals surface area (Å²) in [4.78, 5) is 20.3. The van der Waals surface area contributed by atoms with Crippen LogP contribution in [0.2, 0.25) is 0 Å². The standard InChI is InChI=1S/C10H10FNO5/c1-2-3-5-4-6(11)7(10(14)15)8(9(5)13)12(16)17/h4,13H,2-3H2,1H3,(H,14,15). The highest BCUT2D eigenvalue weighted by Gasteiger charge is 2.31. The van der Waals surface area contributed by atoms with Crippen molar-refractivity contribution in [1.29, 1.82) is 0 Å². The lowest BCUT2D eigenvalue weighted by Crippen LogP contribution is -2.08. The lowest BCUT2D eigenvalue weighted by Gasteiger charge is -2.07. The van der Waals surface area contributed by atoms with Gasteiger partial charge in [-0.2, -0.15) is 0 Å². The molecule has 17 heavy (non-hydrogen) atoms. The Kier molecular flexibility index (Phi) is 3.62. The van der Waals surface area contributed by atoms with Gasteiger partial charge in [0.2, 0.25) is 0 Å². The van der Waals surface area contributed by atoms with E-state index in [9.17, 15) is 24.4 Å². The number of phenols is 1. The summed E-state index contributed by atoms with van der Waals surface area (Å²) in [6.07, 6.45) is 0.764. The minimum Gasteiger partial charge on any atom is -0.502 e. The number of nitrogens with zero attached hydrogens (tertiary/aromatic N) is 1. The SMILES string of the molecule is CCCc1cc(F)c(C(=O)O)c([N+](=O)[O-])c1O. The number of rotatable bonds is 4. The fourth-order valence-electron chi connectivity index (χ4n) is 1.52. The minimum absolute atomic E-state index is 0.0294. The molecule has 1 aromatic rings. The zero-order valence-electron chi connectivity index (χ0n) is 8.94. The maximum atomic E-state index is 13.4. The molecule has 0 saturated heterocycles. The zero-order chi connectivity index (χ0) is 13.2. The molecule has 92 valence electrons. The Morgan fingerprint density at radius 1 is 1.59 bits per heavy atom. The summed E-state index contributed by atoms with van der Waals surface area (Å²) in [6, 6.07) is 0.815. The van der Waals surface area contributed by atoms with Gasteiger partial charge in [0.05, 0.1) is 4.92 Å². The summed E-state index contributed by atoms with van der Waals surface area (Å²) < 4.78 is 13.4. The molecule has 0 heterocycles. The zero-order valence-corrected chi connectivity index (χ0v) is 8.94. The van der Waals surface area contributed by atoms with Crippen LogP contribution in [0.5, 0.6) is 5.75 Å². The summed E-state index contributed by atoms with van der Waals surface area (Å²) >= 11 is 0. The molecule has 0 spiro atoms. The van der Waals surface area contributed by atoms with E-state index in [-0.39, 0.29) is 12.0 Å². The quantitative estimate of drug-likeness (QED) is 0.622. The first-order chi connectivity index (χ1) is 7.90. The Morgan fingerprint density at radius 3 is 2.59 bits per heavy atom. The first kappa shape index (κ1) is 12.9. The van der Waals surface area contributed by atoms with Gasteiger partial charge in [-0.1, -0.05) is 13.3 Å². The van der Waals surface area contributed by atoms with Gasteiger partial charge in [0, 0.05) is 5.56 Å². The van der Waals surface area contributed by atoms with Crippen LogP contribution < -0.4 is 0 Å². The highest BCUT2D eigenvalue weighted by Crippen LogP contribution is 2.36. The number of halogens is 1. The highest BCUT2D eigenvalue weighted by molar-refractivity contribution is 5.94. The number of aromatic carboxylic acids is 1. The third kappa shape index (κ3) is 2.32. The van der Waals surface area contributed by atoms with Gasteiger partial charge in [-0.25, -0.2) is 9.18 Å². The summed E-state index contributed by atoms with van der Waals surface area (Å²) in [7, 11) is 0. The van der Waals surface area contributed by atoms with Crippen LogP contribution in [0.15, 0.2) is 6.07 Å². The summed E-state index contributed by atoms with van der Waals surface area (Å²) in [5.41, 5.74) is -2.19. The molecule has 7 heteroatoms. The van der Waals surface area contributed by atoms with Crippen molar-refractivity contribution in [1.82, 2.24) is 0 Å². The van der Waals surface area contributed by atoms with Gasteiger partial charge in [-0.15, -0.1) is 0 Å². The predicted octanol–water partition coefficient (Wildman–Crippen LogP) is 2.09. The second-order valence-corrected chi connectivity index (χ2v) is 3.40. The summed E-state index contributed by atoms with van der Waals surface area (Å²) in [5.74, 6) is -3.78. The van der Waals surface area contributed by atoms with Crippen LogP contribution in [0.25, 0.3) is 0 Å². The molecule has 0 bridgehead atoms. The van der Waals surface area contributed by atoms with Gasteiger partial charge >= 0.3 is 11.7 Å². The number of aromatic hydroxyl groups is 1. The van der Waals surface area contributed by atoms with E-state index in [4.69, 9.17) is 5.11 Å². The van der Waals surface area contributed by atoms with Crippen molar-refractivity contribution in [2.24, 2.45) is 0 Å². The van der Waals surface area contributed by atoms with Crippen molar-refractivity contribution in [3.63, 3.8) is 0 Å². The predicted molar refractivity (Wildman–Crippen MR) is 55.7 cm³/mol. The molecule has 1 rings (SSSR count). The van der Waals surface area contributed by atoms with Crippen LogP contribution in [0.3, 0.4) is 0 Å². The highest BCUT2D eigenvalue weighted by atomic mass is 19.1. The number of carboxylic acid groups (broad SMARTS) is 1. The fourth-order valence-corrected chi connectivity index (χ4v) is 1.52. The molecule has 0 saturated carbocycles. The topological polar surface area (TPSA) is 101 Å². The molecule has 6 nitrogen and oxygen atoms in total. The van der Waals surface area contributed by atoms with Gasteiger partial charge in [0.1, 0.15) is 5.82 Å². The van der Waals surface area contributed by atoms with Crippen LogP contribution in [-0.4, -0.2) is 21.1 Å². The van der Waals surface area contributed by atoms with Crippen LogP contribution in [-0.2, 0) is 6.42 Å². The van der Waals surface area contributed by atoms with Crippen LogP contribution in [0.4, 0.5) is 10.1 Å². The number of benzene rings is 1. The van der Waals surface area contributed by atoms with Crippen LogP contribution >= 0.6 is 0 Å². The molecule has 0 atom stereocenters. The molecule has 1 aromatic carbocycles. The molecule has 0 unspecified atom stereocenters. The van der Waals surface area contributed by atoms with E-state index in [1.165, 1.54) is 0 Å². The summed E-state index contributed by atoms with van der Waals surface area (Å²) in [6.45, 7) is 1.74. The lowest BCUT2D eigenvalue weighted by molar-refractivity contribution is -0.386. The lowest BCUT2D eigenvalue weighted by atomic mass is 10.0. The second kappa shape index (κ2) is 4.77. The van der Waals surface area contributed by atoms with E-state index in [1.807, 2.05) is 0 Å². The molecule has 2 N–H and O–H groups in total. The van der Waals surface area contributed by atoms with Gasteiger partial charge in [-0.05, 0) is 12.5 Å². The molecular weight excluding hydrogens is 233 g/mol. The Hall–Kier alpha value is -2.18. The fraction of sp³-hybridized carbons (Fsp3) is 0.300. The maximum Gasteiger partial charge on any atom is 0.345 e. The van der Waals surface area contributed by atoms with Crippen molar-refractivity contribution >= 4 is 11.7 Å². The largest absolute Gasteiger partial charge is 0.502 e. The number of hydrogen-bond donors (Lipinski definition) is 2. The summed E-state index contributed by atoms with van der Waals surface area (Å²) in [5, 5.41) is 28.9. The van der Waals surface area contributed by atoms with Crippen LogP contribution in [0, 0.1) is 15.9 Å². The number of carboxylic acids is 1. The van der Waals surface area contributed by atoms with Gasteiger partial charge in [-0.3, -0.25) is 10.1 Å². The molecule has 0 amide bonds. The number of hydrogen-bond acceptors (Lipinski definition) is 4. The molecule has 0 aliphatic heterocycles. The molecule has 0 aromatic heterocycles. The number of nitro groups is 1.